The normalized spacial score (nSPS) is 11.9. The quantitative estimate of drug-likeness (QED) is 0.402. The Bertz CT molecular complexity index is 1550. The first-order chi connectivity index (χ1) is 16.8. The van der Waals surface area contributed by atoms with E-state index in [0.29, 0.717) is 40.2 Å². The Morgan fingerprint density at radius 3 is 2.49 bits per heavy atom. The molecule has 0 radical (unpaired) electrons. The summed E-state index contributed by atoms with van der Waals surface area (Å²) >= 11 is 0. The smallest absolute Gasteiger partial charge is 0.394 e. The summed E-state index contributed by atoms with van der Waals surface area (Å²) in [5.41, 5.74) is 2.15. The Hall–Kier alpha value is -4.25. The highest BCUT2D eigenvalue weighted by atomic mass is 19.4. The van der Waals surface area contributed by atoms with Gasteiger partial charge in [-0.1, -0.05) is 12.1 Å². The van der Waals surface area contributed by atoms with Gasteiger partial charge in [0.1, 0.15) is 11.2 Å². The standard InChI is InChI=1S/C24H19F3N6O2/c25-24(26,27)17-5-3-16(4-6-17)22-23-20(2-1-9-28-23)33(30-22)19-8-10-31(21(35)14-19)15-18-7-11-32(29-18)12-13-34/h1-11,14,34H,12-13,15H2. The third kappa shape index (κ3) is 4.45. The minimum atomic E-state index is -4.43. The van der Waals surface area contributed by atoms with E-state index in [1.165, 1.54) is 22.8 Å². The number of pyridine rings is 2. The van der Waals surface area contributed by atoms with Gasteiger partial charge in [0.05, 0.1) is 42.2 Å². The van der Waals surface area contributed by atoms with Gasteiger partial charge in [0.25, 0.3) is 5.56 Å². The number of alkyl halides is 3. The lowest BCUT2D eigenvalue weighted by Gasteiger charge is -2.07. The van der Waals surface area contributed by atoms with Crippen LogP contribution in [-0.2, 0) is 19.3 Å². The number of aliphatic hydroxyl groups excluding tert-OH is 1. The molecule has 35 heavy (non-hydrogen) atoms. The van der Waals surface area contributed by atoms with Gasteiger partial charge in [0, 0.05) is 30.2 Å². The summed E-state index contributed by atoms with van der Waals surface area (Å²) in [7, 11) is 0. The average molecular weight is 480 g/mol. The summed E-state index contributed by atoms with van der Waals surface area (Å²) in [5.74, 6) is 0. The molecule has 4 heterocycles. The zero-order valence-corrected chi connectivity index (χ0v) is 18.2. The predicted molar refractivity (Wildman–Crippen MR) is 122 cm³/mol. The SMILES string of the molecule is O=c1cc(-n2nc(-c3ccc(C(F)(F)F)cc3)c3ncccc32)ccn1Cc1ccn(CCO)n1. The number of rotatable bonds is 6. The van der Waals surface area contributed by atoms with Crippen LogP contribution in [0.5, 0.6) is 0 Å². The Morgan fingerprint density at radius 2 is 1.77 bits per heavy atom. The van der Waals surface area contributed by atoms with Gasteiger partial charge < -0.3 is 9.67 Å². The number of aliphatic hydroxyl groups is 1. The first kappa shape index (κ1) is 22.5. The lowest BCUT2D eigenvalue weighted by Crippen LogP contribution is -2.20. The maximum absolute atomic E-state index is 13.0. The van der Waals surface area contributed by atoms with Crippen molar-refractivity contribution in [2.75, 3.05) is 6.61 Å². The second kappa shape index (κ2) is 8.84. The minimum absolute atomic E-state index is 0.0308. The number of hydrogen-bond acceptors (Lipinski definition) is 5. The van der Waals surface area contributed by atoms with Crippen LogP contribution in [0.3, 0.4) is 0 Å². The fourth-order valence-corrected chi connectivity index (χ4v) is 3.81. The zero-order chi connectivity index (χ0) is 24.6. The lowest BCUT2D eigenvalue weighted by atomic mass is 10.1. The predicted octanol–water partition coefficient (Wildman–Crippen LogP) is 3.51. The molecular formula is C24H19F3N6O2. The van der Waals surface area contributed by atoms with Gasteiger partial charge in [-0.2, -0.15) is 23.4 Å². The van der Waals surface area contributed by atoms with Crippen molar-refractivity contribution in [1.29, 1.82) is 0 Å². The fraction of sp³-hybridized carbons (Fsp3) is 0.167. The Morgan fingerprint density at radius 1 is 0.971 bits per heavy atom. The van der Waals surface area contributed by atoms with Crippen LogP contribution in [0.2, 0.25) is 0 Å². The van der Waals surface area contributed by atoms with Gasteiger partial charge in [0.2, 0.25) is 0 Å². The third-order valence-corrected chi connectivity index (χ3v) is 5.51. The van der Waals surface area contributed by atoms with Crippen LogP contribution >= 0.6 is 0 Å². The minimum Gasteiger partial charge on any atom is -0.394 e. The second-order valence-electron chi connectivity index (χ2n) is 7.85. The number of fused-ring (bicyclic) bond motifs is 1. The van der Waals surface area contributed by atoms with Crippen LogP contribution in [0, 0.1) is 0 Å². The molecule has 8 nitrogen and oxygen atoms in total. The number of hydrogen-bond donors (Lipinski definition) is 1. The summed E-state index contributed by atoms with van der Waals surface area (Å²) in [5, 5.41) is 17.9. The van der Waals surface area contributed by atoms with Gasteiger partial charge in [-0.3, -0.25) is 14.5 Å². The lowest BCUT2D eigenvalue weighted by molar-refractivity contribution is -0.137. The molecule has 0 amide bonds. The first-order valence-electron chi connectivity index (χ1n) is 10.7. The van der Waals surface area contributed by atoms with Crippen LogP contribution in [0.1, 0.15) is 11.3 Å². The summed E-state index contributed by atoms with van der Waals surface area (Å²) in [6.45, 7) is 0.599. The van der Waals surface area contributed by atoms with Crippen LogP contribution in [0.4, 0.5) is 13.2 Å². The average Bonchev–Trinajstić information content (AvgIpc) is 3.45. The molecule has 0 aliphatic heterocycles. The van der Waals surface area contributed by atoms with Crippen LogP contribution in [0.15, 0.2) is 78.0 Å². The molecule has 0 aliphatic rings. The topological polar surface area (TPSA) is 90.8 Å². The van der Waals surface area contributed by atoms with E-state index in [-0.39, 0.29) is 18.7 Å². The van der Waals surface area contributed by atoms with Crippen molar-refractivity contribution in [2.24, 2.45) is 0 Å². The van der Waals surface area contributed by atoms with Crippen LogP contribution in [0.25, 0.3) is 28.0 Å². The molecule has 0 saturated carbocycles. The Kier molecular flexibility index (Phi) is 5.69. The molecule has 1 aromatic carbocycles. The molecular weight excluding hydrogens is 461 g/mol. The van der Waals surface area contributed by atoms with Gasteiger partial charge in [-0.25, -0.2) is 4.68 Å². The molecule has 0 atom stereocenters. The molecule has 0 saturated heterocycles. The van der Waals surface area contributed by atoms with E-state index in [0.717, 1.165) is 12.1 Å². The molecule has 5 aromatic rings. The van der Waals surface area contributed by atoms with Crippen LogP contribution in [-0.4, -0.2) is 40.8 Å². The van der Waals surface area contributed by atoms with Crippen molar-refractivity contribution < 1.29 is 18.3 Å². The van der Waals surface area contributed by atoms with E-state index in [2.05, 4.69) is 15.2 Å². The molecule has 4 aromatic heterocycles. The number of aromatic nitrogens is 6. The van der Waals surface area contributed by atoms with E-state index in [4.69, 9.17) is 5.11 Å². The zero-order valence-electron chi connectivity index (χ0n) is 18.2. The summed E-state index contributed by atoms with van der Waals surface area (Å²) in [6.07, 6.45) is 0.510. The van der Waals surface area contributed by atoms with Gasteiger partial charge in [0.15, 0.2) is 0 Å². The van der Waals surface area contributed by atoms with Gasteiger partial charge in [-0.05, 0) is 36.4 Å². The molecule has 0 fully saturated rings. The highest BCUT2D eigenvalue weighted by molar-refractivity contribution is 5.90. The molecule has 11 heteroatoms. The third-order valence-electron chi connectivity index (χ3n) is 5.51. The van der Waals surface area contributed by atoms with E-state index < -0.39 is 11.7 Å². The van der Waals surface area contributed by atoms with Crippen LogP contribution < -0.4 is 5.56 Å². The second-order valence-corrected chi connectivity index (χ2v) is 7.85. The van der Waals surface area contributed by atoms with E-state index in [1.54, 1.807) is 52.2 Å². The van der Waals surface area contributed by atoms with Crippen molar-refractivity contribution >= 4 is 11.0 Å². The van der Waals surface area contributed by atoms with Crippen molar-refractivity contribution in [2.45, 2.75) is 19.3 Å². The van der Waals surface area contributed by atoms with E-state index >= 15 is 0 Å². The largest absolute Gasteiger partial charge is 0.416 e. The van der Waals surface area contributed by atoms with Crippen molar-refractivity contribution in [3.63, 3.8) is 0 Å². The maximum atomic E-state index is 13.0. The molecule has 0 unspecified atom stereocenters. The highest BCUT2D eigenvalue weighted by Gasteiger charge is 2.30. The maximum Gasteiger partial charge on any atom is 0.416 e. The number of halogens is 3. The Labute approximate surface area is 196 Å². The van der Waals surface area contributed by atoms with Gasteiger partial charge in [-0.15, -0.1) is 0 Å². The molecule has 0 bridgehead atoms. The van der Waals surface area contributed by atoms with Crippen molar-refractivity contribution in [1.82, 2.24) is 29.1 Å². The summed E-state index contributed by atoms with van der Waals surface area (Å²) < 4.78 is 43.5. The van der Waals surface area contributed by atoms with E-state index in [1.807, 2.05) is 0 Å². The summed E-state index contributed by atoms with van der Waals surface area (Å²) in [4.78, 5) is 17.2. The fourth-order valence-electron chi connectivity index (χ4n) is 3.81. The monoisotopic (exact) mass is 480 g/mol. The number of benzene rings is 1. The van der Waals surface area contributed by atoms with Crippen molar-refractivity contribution in [3.8, 4) is 16.9 Å². The molecule has 178 valence electrons. The van der Waals surface area contributed by atoms with Crippen molar-refractivity contribution in [3.05, 3.63) is 94.8 Å². The molecule has 1 N–H and O–H groups in total. The molecule has 0 spiro atoms. The summed E-state index contributed by atoms with van der Waals surface area (Å²) in [6, 6.07) is 13.2. The molecule has 0 aliphatic carbocycles. The number of nitrogens with zero attached hydrogens (tertiary/aromatic N) is 6. The Balaban J connectivity index is 1.50. The van der Waals surface area contributed by atoms with Gasteiger partial charge >= 0.3 is 6.18 Å². The highest BCUT2D eigenvalue weighted by Crippen LogP contribution is 2.33. The van der Waals surface area contributed by atoms with E-state index in [9.17, 15) is 18.0 Å². The molecule has 5 rings (SSSR count). The first-order valence-corrected chi connectivity index (χ1v) is 10.7.